The van der Waals surface area contributed by atoms with E-state index in [1.807, 2.05) is 18.2 Å². The molecule has 2 amide bonds. The molecule has 0 unspecified atom stereocenters. The molecule has 0 atom stereocenters. The van der Waals surface area contributed by atoms with Gasteiger partial charge in [0.2, 0.25) is 0 Å². The first-order valence-electron chi connectivity index (χ1n) is 14.2. The smallest absolute Gasteiger partial charge is 0.319 e. The minimum atomic E-state index is -0.145. The zero-order valence-electron chi connectivity index (χ0n) is 24.7. The van der Waals surface area contributed by atoms with E-state index in [-0.39, 0.29) is 11.4 Å². The molecule has 0 aliphatic heterocycles. The van der Waals surface area contributed by atoms with E-state index in [1.54, 1.807) is 14.0 Å². The van der Waals surface area contributed by atoms with E-state index < -0.39 is 0 Å². The third kappa shape index (κ3) is 8.13. The molecular weight excluding hydrogens is 514 g/mol. The minimum Gasteiger partial charge on any atom is -0.497 e. The zero-order valence-corrected chi connectivity index (χ0v) is 24.7. The van der Waals surface area contributed by atoms with Gasteiger partial charge in [-0.15, -0.1) is 0 Å². The molecule has 7 nitrogen and oxygen atoms in total. The Hall–Kier alpha value is -4.26. The first-order chi connectivity index (χ1) is 19.7. The minimum absolute atomic E-state index is 0.101. The molecule has 4 aromatic rings. The first-order valence-corrected chi connectivity index (χ1v) is 14.2. The van der Waals surface area contributed by atoms with Crippen molar-refractivity contribution in [2.24, 2.45) is 5.92 Å². The average molecular weight is 556 g/mol. The van der Waals surface area contributed by atoms with Gasteiger partial charge in [-0.1, -0.05) is 57.2 Å². The normalized spacial score (nSPS) is 12.7. The Kier molecular flexibility index (Phi) is 9.71. The van der Waals surface area contributed by atoms with Crippen molar-refractivity contribution in [1.82, 2.24) is 9.88 Å². The van der Waals surface area contributed by atoms with Crippen molar-refractivity contribution >= 4 is 29.1 Å². The number of hydrogen-bond donors (Lipinski definition) is 2. The molecule has 0 spiro atoms. The van der Waals surface area contributed by atoms with Gasteiger partial charge in [0.05, 0.1) is 13.7 Å². The summed E-state index contributed by atoms with van der Waals surface area (Å²) in [6.45, 7) is 10.8. The summed E-state index contributed by atoms with van der Waals surface area (Å²) in [5.74, 6) is 1.50. The number of nitrogens with one attached hydrogen (secondary N) is 2. The Balaban J connectivity index is 0.000000714. The van der Waals surface area contributed by atoms with Crippen LogP contribution in [0.4, 0.5) is 10.5 Å². The standard InChI is InChI=1S/C31H35N3O2.C3H6O2/c1-31(2,3)24-12-10-23(11-13-24)28-20-34(19-22-6-5-7-26(16-22)36-4)29-15-14-25(17-27(28)29)33-30(35)32-18-21-8-9-21;1-2-5-3-4/h5-7,10-17,20-21H,8-9,18-19H2,1-4H3,(H2,32,33,35);3H,2H2,1H3. The highest BCUT2D eigenvalue weighted by molar-refractivity contribution is 6.00. The highest BCUT2D eigenvalue weighted by Crippen LogP contribution is 2.35. The predicted molar refractivity (Wildman–Crippen MR) is 166 cm³/mol. The lowest BCUT2D eigenvalue weighted by atomic mass is 9.86. The Morgan fingerprint density at radius 3 is 2.41 bits per heavy atom. The topological polar surface area (TPSA) is 81.6 Å². The second-order valence-corrected chi connectivity index (χ2v) is 11.4. The van der Waals surface area contributed by atoms with E-state index in [9.17, 15) is 9.59 Å². The van der Waals surface area contributed by atoms with Gasteiger partial charge >= 0.3 is 6.03 Å². The molecule has 1 saturated carbocycles. The van der Waals surface area contributed by atoms with Gasteiger partial charge in [-0.2, -0.15) is 0 Å². The van der Waals surface area contributed by atoms with Crippen LogP contribution in [0.5, 0.6) is 5.75 Å². The van der Waals surface area contributed by atoms with Gasteiger partial charge in [-0.3, -0.25) is 4.79 Å². The van der Waals surface area contributed by atoms with E-state index in [0.29, 0.717) is 19.0 Å². The Bertz CT molecular complexity index is 1460. The zero-order chi connectivity index (χ0) is 29.4. The van der Waals surface area contributed by atoms with Crippen molar-refractivity contribution in [3.8, 4) is 16.9 Å². The molecule has 1 aliphatic rings. The summed E-state index contributed by atoms with van der Waals surface area (Å²) < 4.78 is 11.9. The van der Waals surface area contributed by atoms with Crippen molar-refractivity contribution in [1.29, 1.82) is 0 Å². The molecule has 0 saturated heterocycles. The van der Waals surface area contributed by atoms with E-state index >= 15 is 0 Å². The van der Waals surface area contributed by atoms with Crippen LogP contribution in [-0.2, 0) is 21.5 Å². The summed E-state index contributed by atoms with van der Waals surface area (Å²) in [5.41, 5.74) is 6.80. The Morgan fingerprint density at radius 2 is 1.80 bits per heavy atom. The first kappa shape index (κ1) is 29.7. The van der Waals surface area contributed by atoms with Crippen LogP contribution in [0.15, 0.2) is 72.9 Å². The van der Waals surface area contributed by atoms with Crippen molar-refractivity contribution in [3.05, 3.63) is 84.1 Å². The Labute approximate surface area is 242 Å². The number of nitrogens with zero attached hydrogens (tertiary/aromatic N) is 1. The molecule has 3 aromatic carbocycles. The van der Waals surface area contributed by atoms with Crippen LogP contribution in [-0.4, -0.2) is 37.3 Å². The van der Waals surface area contributed by atoms with Gasteiger partial charge in [0.25, 0.3) is 6.47 Å². The van der Waals surface area contributed by atoms with Gasteiger partial charge in [0.1, 0.15) is 5.75 Å². The number of carbonyl (C=O) groups is 2. The maximum atomic E-state index is 12.4. The number of benzene rings is 3. The van der Waals surface area contributed by atoms with E-state index in [0.717, 1.165) is 46.6 Å². The fraction of sp³-hybridized carbons (Fsp3) is 0.353. The molecule has 5 rings (SSSR count). The lowest BCUT2D eigenvalue weighted by molar-refractivity contribution is -0.128. The van der Waals surface area contributed by atoms with Crippen LogP contribution in [0.3, 0.4) is 0 Å². The van der Waals surface area contributed by atoms with Gasteiger partial charge in [-0.05, 0) is 78.1 Å². The van der Waals surface area contributed by atoms with Crippen LogP contribution in [0.25, 0.3) is 22.0 Å². The van der Waals surface area contributed by atoms with Crippen LogP contribution >= 0.6 is 0 Å². The van der Waals surface area contributed by atoms with Gasteiger partial charge in [-0.25, -0.2) is 4.79 Å². The second kappa shape index (κ2) is 13.4. The van der Waals surface area contributed by atoms with Gasteiger partial charge in [0, 0.05) is 41.4 Å². The summed E-state index contributed by atoms with van der Waals surface area (Å²) in [6.07, 6.45) is 4.64. The van der Waals surface area contributed by atoms with Gasteiger partial charge in [0.15, 0.2) is 0 Å². The molecule has 2 N–H and O–H groups in total. The lowest BCUT2D eigenvalue weighted by Gasteiger charge is -2.19. The summed E-state index contributed by atoms with van der Waals surface area (Å²) >= 11 is 0. The largest absolute Gasteiger partial charge is 0.497 e. The number of fused-ring (bicyclic) bond motifs is 1. The Morgan fingerprint density at radius 1 is 1.05 bits per heavy atom. The number of anilines is 1. The molecule has 0 radical (unpaired) electrons. The lowest BCUT2D eigenvalue weighted by Crippen LogP contribution is -2.30. The molecule has 1 heterocycles. The number of hydrogen-bond acceptors (Lipinski definition) is 4. The van der Waals surface area contributed by atoms with E-state index in [1.165, 1.54) is 24.0 Å². The van der Waals surface area contributed by atoms with Crippen LogP contribution in [0.1, 0.15) is 51.7 Å². The predicted octanol–water partition coefficient (Wildman–Crippen LogP) is 7.37. The fourth-order valence-electron chi connectivity index (χ4n) is 4.66. The van der Waals surface area contributed by atoms with E-state index in [4.69, 9.17) is 4.74 Å². The van der Waals surface area contributed by atoms with Crippen molar-refractivity contribution in [3.63, 3.8) is 0 Å². The monoisotopic (exact) mass is 555 g/mol. The van der Waals surface area contributed by atoms with Crippen LogP contribution in [0.2, 0.25) is 0 Å². The molecule has 216 valence electrons. The summed E-state index contributed by atoms with van der Waals surface area (Å²) in [7, 11) is 1.69. The highest BCUT2D eigenvalue weighted by atomic mass is 16.5. The quantitative estimate of drug-likeness (QED) is 0.211. The molecule has 0 bridgehead atoms. The summed E-state index contributed by atoms with van der Waals surface area (Å²) in [4.78, 5) is 21.6. The molecule has 41 heavy (non-hydrogen) atoms. The van der Waals surface area contributed by atoms with Crippen molar-refractivity contribution in [2.45, 2.75) is 52.5 Å². The molecular formula is C34H41N3O4. The number of methoxy groups -OCH3 is 1. The molecule has 1 fully saturated rings. The number of amides is 2. The second-order valence-electron chi connectivity index (χ2n) is 11.4. The SMILES string of the molecule is CCOC=O.COc1cccc(Cn2cc(-c3ccc(C(C)(C)C)cc3)c3cc(NC(=O)NCC4CC4)ccc32)c1. The highest BCUT2D eigenvalue weighted by Gasteiger charge is 2.21. The average Bonchev–Trinajstić information content (AvgIpc) is 3.73. The van der Waals surface area contributed by atoms with Crippen molar-refractivity contribution in [2.75, 3.05) is 25.6 Å². The maximum absolute atomic E-state index is 12.4. The summed E-state index contributed by atoms with van der Waals surface area (Å²) in [5, 5.41) is 7.12. The third-order valence-electron chi connectivity index (χ3n) is 7.17. The molecule has 1 aliphatic carbocycles. The number of rotatable bonds is 9. The van der Waals surface area contributed by atoms with E-state index in [2.05, 4.69) is 95.4 Å². The number of ether oxygens (including phenoxy) is 2. The molecule has 7 heteroatoms. The maximum Gasteiger partial charge on any atom is 0.319 e. The van der Waals surface area contributed by atoms with Crippen LogP contribution < -0.4 is 15.4 Å². The summed E-state index contributed by atoms with van der Waals surface area (Å²) in [6, 6.07) is 23.0. The van der Waals surface area contributed by atoms with Crippen molar-refractivity contribution < 1.29 is 19.1 Å². The number of urea groups is 1. The number of aromatic nitrogens is 1. The third-order valence-corrected chi connectivity index (χ3v) is 7.17. The number of carbonyl (C=O) groups excluding carboxylic acids is 2. The van der Waals surface area contributed by atoms with Crippen LogP contribution in [0, 0.1) is 5.92 Å². The van der Waals surface area contributed by atoms with Gasteiger partial charge < -0.3 is 24.7 Å². The molecule has 1 aromatic heterocycles. The fourth-order valence-corrected chi connectivity index (χ4v) is 4.66.